The fourth-order valence-electron chi connectivity index (χ4n) is 1.38. The van der Waals surface area contributed by atoms with Crippen LogP contribution >= 0.6 is 0 Å². The fraction of sp³-hybridized carbons (Fsp3) is 0.714. The molecule has 0 aliphatic heterocycles. The minimum absolute atomic E-state index is 0.764. The Morgan fingerprint density at radius 3 is 2.60 bits per heavy atom. The zero-order valence-corrected chi connectivity index (χ0v) is 6.33. The van der Waals surface area contributed by atoms with Gasteiger partial charge in [0.15, 0.2) is 0 Å². The van der Waals surface area contributed by atoms with Gasteiger partial charge < -0.3 is 0 Å². The molecule has 0 N–H and O–H groups in total. The third kappa shape index (κ3) is 0.735. The van der Waals surface area contributed by atoms with Gasteiger partial charge in [-0.3, -0.25) is 4.68 Å². The summed E-state index contributed by atoms with van der Waals surface area (Å²) in [5, 5.41) is 7.93. The first-order valence-corrected chi connectivity index (χ1v) is 3.65. The average molecular weight is 137 g/mol. The van der Waals surface area contributed by atoms with E-state index in [1.165, 1.54) is 18.5 Å². The summed E-state index contributed by atoms with van der Waals surface area (Å²) >= 11 is 0. The smallest absolute Gasteiger partial charge is 0.0831 e. The summed E-state index contributed by atoms with van der Waals surface area (Å²) < 4.78 is 1.90. The highest BCUT2D eigenvalue weighted by atomic mass is 15.4. The molecule has 3 heteroatoms. The number of aromatic nitrogens is 3. The van der Waals surface area contributed by atoms with Gasteiger partial charge in [0.2, 0.25) is 0 Å². The van der Waals surface area contributed by atoms with Gasteiger partial charge in [-0.1, -0.05) is 5.21 Å². The van der Waals surface area contributed by atoms with Crippen molar-refractivity contribution in [2.75, 3.05) is 0 Å². The molecule has 0 unspecified atom stereocenters. The Morgan fingerprint density at radius 2 is 2.20 bits per heavy atom. The number of hydrogen-bond acceptors (Lipinski definition) is 2. The van der Waals surface area contributed by atoms with E-state index in [0.29, 0.717) is 0 Å². The van der Waals surface area contributed by atoms with Crippen molar-refractivity contribution in [2.45, 2.75) is 25.7 Å². The summed E-state index contributed by atoms with van der Waals surface area (Å²) in [5.41, 5.74) is 2.44. The molecule has 0 bridgehead atoms. The van der Waals surface area contributed by atoms with Crippen molar-refractivity contribution >= 4 is 0 Å². The molecule has 0 amide bonds. The second-order valence-electron chi connectivity index (χ2n) is 2.96. The molecule has 1 fully saturated rings. The van der Waals surface area contributed by atoms with Crippen molar-refractivity contribution in [1.82, 2.24) is 15.0 Å². The van der Waals surface area contributed by atoms with Crippen LogP contribution in [0.2, 0.25) is 0 Å². The van der Waals surface area contributed by atoms with Crippen LogP contribution in [0.25, 0.3) is 0 Å². The molecule has 54 valence electrons. The number of rotatable bonds is 1. The van der Waals surface area contributed by atoms with Crippen molar-refractivity contribution in [3.05, 3.63) is 11.4 Å². The summed E-state index contributed by atoms with van der Waals surface area (Å²) in [6.07, 6.45) is 2.64. The maximum Gasteiger partial charge on any atom is 0.0831 e. The minimum Gasteiger partial charge on any atom is -0.252 e. The first-order chi connectivity index (χ1) is 4.79. The highest BCUT2D eigenvalue weighted by Gasteiger charge is 2.28. The molecule has 0 aromatic carbocycles. The van der Waals surface area contributed by atoms with Gasteiger partial charge in [-0.25, -0.2) is 0 Å². The lowest BCUT2D eigenvalue weighted by Crippen LogP contribution is -1.96. The molecule has 1 heterocycles. The summed E-state index contributed by atoms with van der Waals surface area (Å²) in [5.74, 6) is 0.764. The Labute approximate surface area is 60.0 Å². The minimum atomic E-state index is 0.764. The molecule has 1 aromatic heterocycles. The van der Waals surface area contributed by atoms with Crippen molar-refractivity contribution in [3.63, 3.8) is 0 Å². The maximum absolute atomic E-state index is 3.99. The van der Waals surface area contributed by atoms with E-state index in [4.69, 9.17) is 0 Å². The Bertz CT molecular complexity index is 228. The lowest BCUT2D eigenvalue weighted by atomic mass is 10.2. The van der Waals surface area contributed by atoms with E-state index >= 15 is 0 Å². The Morgan fingerprint density at radius 1 is 1.50 bits per heavy atom. The topological polar surface area (TPSA) is 30.7 Å². The van der Waals surface area contributed by atoms with Crippen molar-refractivity contribution in [3.8, 4) is 0 Å². The van der Waals surface area contributed by atoms with Crippen LogP contribution in [-0.2, 0) is 7.05 Å². The van der Waals surface area contributed by atoms with Gasteiger partial charge in [0, 0.05) is 13.0 Å². The zero-order valence-electron chi connectivity index (χ0n) is 6.33. The Hall–Kier alpha value is -0.860. The van der Waals surface area contributed by atoms with E-state index in [0.717, 1.165) is 11.6 Å². The highest BCUT2D eigenvalue weighted by Crippen LogP contribution is 2.40. The van der Waals surface area contributed by atoms with Crippen LogP contribution in [0.5, 0.6) is 0 Å². The average Bonchev–Trinajstić information content (AvgIpc) is 2.64. The fourth-order valence-corrected chi connectivity index (χ4v) is 1.38. The molecule has 3 nitrogen and oxygen atoms in total. The molecule has 0 radical (unpaired) electrons. The molecule has 1 aliphatic rings. The normalized spacial score (nSPS) is 17.8. The van der Waals surface area contributed by atoms with Crippen molar-refractivity contribution in [1.29, 1.82) is 0 Å². The van der Waals surface area contributed by atoms with Crippen molar-refractivity contribution in [2.24, 2.45) is 7.05 Å². The number of nitrogens with zero attached hydrogens (tertiary/aromatic N) is 3. The SMILES string of the molecule is Cc1nnn(C)c1C1CC1. The monoisotopic (exact) mass is 137 g/mol. The highest BCUT2D eigenvalue weighted by molar-refractivity contribution is 5.18. The maximum atomic E-state index is 3.99. The zero-order chi connectivity index (χ0) is 7.14. The van der Waals surface area contributed by atoms with Gasteiger partial charge in [0.1, 0.15) is 0 Å². The second kappa shape index (κ2) is 1.81. The van der Waals surface area contributed by atoms with Crippen LogP contribution < -0.4 is 0 Å². The second-order valence-corrected chi connectivity index (χ2v) is 2.96. The van der Waals surface area contributed by atoms with E-state index < -0.39 is 0 Å². The molecular formula is C7H11N3. The predicted molar refractivity (Wildman–Crippen MR) is 37.7 cm³/mol. The summed E-state index contributed by atoms with van der Waals surface area (Å²) in [6, 6.07) is 0. The van der Waals surface area contributed by atoms with E-state index in [9.17, 15) is 0 Å². The first-order valence-electron chi connectivity index (χ1n) is 3.65. The molecule has 1 aromatic rings. The Kier molecular flexibility index (Phi) is 1.07. The van der Waals surface area contributed by atoms with E-state index in [-0.39, 0.29) is 0 Å². The predicted octanol–water partition coefficient (Wildman–Crippen LogP) is 1.00. The van der Waals surface area contributed by atoms with Gasteiger partial charge in [0.05, 0.1) is 11.4 Å². The summed E-state index contributed by atoms with van der Waals surface area (Å²) in [4.78, 5) is 0. The van der Waals surface area contributed by atoms with Crippen LogP contribution in [-0.4, -0.2) is 15.0 Å². The van der Waals surface area contributed by atoms with Gasteiger partial charge in [-0.05, 0) is 19.8 Å². The van der Waals surface area contributed by atoms with Crippen LogP contribution in [0.3, 0.4) is 0 Å². The molecule has 1 saturated carbocycles. The summed E-state index contributed by atoms with van der Waals surface area (Å²) in [6.45, 7) is 2.03. The third-order valence-electron chi connectivity index (χ3n) is 2.01. The van der Waals surface area contributed by atoms with Crippen LogP contribution in [0, 0.1) is 6.92 Å². The Balaban J connectivity index is 2.44. The van der Waals surface area contributed by atoms with Gasteiger partial charge >= 0.3 is 0 Å². The van der Waals surface area contributed by atoms with Gasteiger partial charge in [-0.15, -0.1) is 5.10 Å². The van der Waals surface area contributed by atoms with E-state index in [2.05, 4.69) is 10.3 Å². The van der Waals surface area contributed by atoms with Crippen molar-refractivity contribution < 1.29 is 0 Å². The van der Waals surface area contributed by atoms with Crippen LogP contribution in [0.1, 0.15) is 30.1 Å². The first kappa shape index (κ1) is 5.89. The number of aryl methyl sites for hydroxylation is 2. The molecule has 0 spiro atoms. The van der Waals surface area contributed by atoms with Crippen LogP contribution in [0.15, 0.2) is 0 Å². The lowest BCUT2D eigenvalue weighted by molar-refractivity contribution is 0.679. The third-order valence-corrected chi connectivity index (χ3v) is 2.01. The quantitative estimate of drug-likeness (QED) is 0.578. The molecular weight excluding hydrogens is 126 g/mol. The lowest BCUT2D eigenvalue weighted by Gasteiger charge is -1.95. The van der Waals surface area contributed by atoms with Crippen LogP contribution in [0.4, 0.5) is 0 Å². The molecule has 0 atom stereocenters. The standard InChI is InChI=1S/C7H11N3/c1-5-7(6-3-4-6)10(2)9-8-5/h6H,3-4H2,1-2H3. The molecule has 0 saturated heterocycles. The molecule has 1 aliphatic carbocycles. The van der Waals surface area contributed by atoms with Gasteiger partial charge in [0.25, 0.3) is 0 Å². The number of hydrogen-bond donors (Lipinski definition) is 0. The summed E-state index contributed by atoms with van der Waals surface area (Å²) in [7, 11) is 1.97. The largest absolute Gasteiger partial charge is 0.252 e. The van der Waals surface area contributed by atoms with Gasteiger partial charge in [-0.2, -0.15) is 0 Å². The molecule has 10 heavy (non-hydrogen) atoms. The van der Waals surface area contributed by atoms with E-state index in [1.54, 1.807) is 0 Å². The van der Waals surface area contributed by atoms with E-state index in [1.807, 2.05) is 18.7 Å². The molecule has 2 rings (SSSR count).